The highest BCUT2D eigenvalue weighted by Crippen LogP contribution is 2.24. The first-order valence-electron chi connectivity index (χ1n) is 7.82. The van der Waals surface area contributed by atoms with Gasteiger partial charge in [-0.3, -0.25) is 0 Å². The Hall–Kier alpha value is -1.51. The molecule has 1 aromatic carbocycles. The number of para-hydroxylation sites is 1. The van der Waals surface area contributed by atoms with Gasteiger partial charge in [0.25, 0.3) is 0 Å². The third-order valence-electron chi connectivity index (χ3n) is 4.01. The molecule has 0 bridgehead atoms. The molecule has 1 aromatic rings. The maximum Gasteiger partial charge on any atom is 0.196 e. The van der Waals surface area contributed by atoms with Crippen molar-refractivity contribution in [2.24, 2.45) is 16.6 Å². The Labute approximate surface area is 122 Å². The molecule has 0 saturated heterocycles. The summed E-state index contributed by atoms with van der Waals surface area (Å²) in [5, 5.41) is 0. The van der Waals surface area contributed by atoms with Crippen LogP contribution in [0, 0.1) is 5.92 Å². The van der Waals surface area contributed by atoms with E-state index in [2.05, 4.69) is 23.7 Å². The zero-order valence-electron chi connectivity index (χ0n) is 12.8. The van der Waals surface area contributed by atoms with E-state index in [4.69, 9.17) is 5.73 Å². The van der Waals surface area contributed by atoms with Crippen molar-refractivity contribution >= 4 is 11.6 Å². The van der Waals surface area contributed by atoms with Crippen LogP contribution in [0.1, 0.15) is 46.0 Å². The molecule has 1 saturated carbocycles. The van der Waals surface area contributed by atoms with Gasteiger partial charge in [-0.05, 0) is 37.3 Å². The quantitative estimate of drug-likeness (QED) is 0.652. The smallest absolute Gasteiger partial charge is 0.196 e. The van der Waals surface area contributed by atoms with Gasteiger partial charge in [0.05, 0.1) is 5.69 Å². The Morgan fingerprint density at radius 2 is 1.90 bits per heavy atom. The number of guanidine groups is 1. The van der Waals surface area contributed by atoms with E-state index in [0.717, 1.165) is 12.2 Å². The standard InChI is InChI=1S/C17H27N3/c1-14(2)12-13-20(16-10-6-7-11-16)17(18)19-15-8-4-3-5-9-15/h3-5,8-9,14,16H,6-7,10-13H2,1-2H3,(H2,18,19). The van der Waals surface area contributed by atoms with E-state index in [1.165, 1.54) is 32.1 Å². The summed E-state index contributed by atoms with van der Waals surface area (Å²) in [6.07, 6.45) is 6.32. The number of rotatable bonds is 5. The van der Waals surface area contributed by atoms with E-state index in [9.17, 15) is 0 Å². The van der Waals surface area contributed by atoms with Crippen LogP contribution in [0.5, 0.6) is 0 Å². The Morgan fingerprint density at radius 3 is 2.50 bits per heavy atom. The van der Waals surface area contributed by atoms with Gasteiger partial charge in [0.2, 0.25) is 0 Å². The summed E-state index contributed by atoms with van der Waals surface area (Å²) in [7, 11) is 0. The fraction of sp³-hybridized carbons (Fsp3) is 0.588. The van der Waals surface area contributed by atoms with Crippen LogP contribution in [0.3, 0.4) is 0 Å². The second-order valence-electron chi connectivity index (χ2n) is 6.12. The lowest BCUT2D eigenvalue weighted by atomic mass is 10.1. The van der Waals surface area contributed by atoms with Gasteiger partial charge < -0.3 is 10.6 Å². The number of nitrogens with zero attached hydrogens (tertiary/aromatic N) is 2. The Bertz CT molecular complexity index is 419. The Kier molecular flexibility index (Phi) is 5.45. The fourth-order valence-electron chi connectivity index (χ4n) is 2.80. The van der Waals surface area contributed by atoms with Crippen molar-refractivity contribution in [3.8, 4) is 0 Å². The third-order valence-corrected chi connectivity index (χ3v) is 4.01. The molecule has 0 atom stereocenters. The molecule has 0 unspecified atom stereocenters. The highest BCUT2D eigenvalue weighted by Gasteiger charge is 2.24. The number of benzene rings is 1. The number of aliphatic imine (C=N–C) groups is 1. The first-order chi connectivity index (χ1) is 9.66. The highest BCUT2D eigenvalue weighted by atomic mass is 15.3. The van der Waals surface area contributed by atoms with Crippen molar-refractivity contribution in [2.45, 2.75) is 52.0 Å². The molecule has 3 heteroatoms. The lowest BCUT2D eigenvalue weighted by Gasteiger charge is -2.30. The average Bonchev–Trinajstić information content (AvgIpc) is 2.93. The van der Waals surface area contributed by atoms with Crippen LogP contribution in [0.25, 0.3) is 0 Å². The van der Waals surface area contributed by atoms with E-state index in [0.29, 0.717) is 17.9 Å². The Morgan fingerprint density at radius 1 is 1.25 bits per heavy atom. The topological polar surface area (TPSA) is 41.6 Å². The largest absolute Gasteiger partial charge is 0.369 e. The van der Waals surface area contributed by atoms with E-state index in [1.54, 1.807) is 0 Å². The predicted octanol–water partition coefficient (Wildman–Crippen LogP) is 3.92. The first kappa shape index (κ1) is 14.9. The summed E-state index contributed by atoms with van der Waals surface area (Å²) < 4.78 is 0. The third kappa shape index (κ3) is 4.26. The summed E-state index contributed by atoms with van der Waals surface area (Å²) in [6, 6.07) is 10.6. The molecule has 1 aliphatic carbocycles. The van der Waals surface area contributed by atoms with Gasteiger partial charge in [-0.25, -0.2) is 4.99 Å². The highest BCUT2D eigenvalue weighted by molar-refractivity contribution is 5.81. The molecule has 2 rings (SSSR count). The van der Waals surface area contributed by atoms with E-state index in [1.807, 2.05) is 30.3 Å². The molecule has 0 heterocycles. The minimum atomic E-state index is 0.584. The van der Waals surface area contributed by atoms with Crippen LogP contribution in [0.2, 0.25) is 0 Å². The van der Waals surface area contributed by atoms with Crippen LogP contribution in [-0.4, -0.2) is 23.4 Å². The van der Waals surface area contributed by atoms with Gasteiger partial charge in [0, 0.05) is 12.6 Å². The van der Waals surface area contributed by atoms with Crippen molar-refractivity contribution in [1.29, 1.82) is 0 Å². The molecule has 1 fully saturated rings. The summed E-state index contributed by atoms with van der Waals surface area (Å²) >= 11 is 0. The Balaban J connectivity index is 2.10. The fourth-order valence-corrected chi connectivity index (χ4v) is 2.80. The molecular weight excluding hydrogens is 246 g/mol. The second kappa shape index (κ2) is 7.32. The zero-order chi connectivity index (χ0) is 14.4. The van der Waals surface area contributed by atoms with E-state index >= 15 is 0 Å². The average molecular weight is 273 g/mol. The molecule has 3 nitrogen and oxygen atoms in total. The molecule has 1 aliphatic rings. The van der Waals surface area contributed by atoms with Crippen LogP contribution >= 0.6 is 0 Å². The summed E-state index contributed by atoms with van der Waals surface area (Å²) in [5.74, 6) is 1.38. The van der Waals surface area contributed by atoms with Gasteiger partial charge in [0.15, 0.2) is 5.96 Å². The zero-order valence-corrected chi connectivity index (χ0v) is 12.8. The molecule has 0 radical (unpaired) electrons. The number of nitrogens with two attached hydrogens (primary N) is 1. The van der Waals surface area contributed by atoms with Crippen molar-refractivity contribution in [2.75, 3.05) is 6.54 Å². The number of hydrogen-bond donors (Lipinski definition) is 1. The van der Waals surface area contributed by atoms with Gasteiger partial charge >= 0.3 is 0 Å². The van der Waals surface area contributed by atoms with Crippen LogP contribution < -0.4 is 5.73 Å². The van der Waals surface area contributed by atoms with Gasteiger partial charge in [-0.1, -0.05) is 44.9 Å². The minimum absolute atomic E-state index is 0.584. The summed E-state index contributed by atoms with van der Waals surface area (Å²) in [4.78, 5) is 6.94. The van der Waals surface area contributed by atoms with E-state index in [-0.39, 0.29) is 0 Å². The van der Waals surface area contributed by atoms with Crippen LogP contribution in [0.15, 0.2) is 35.3 Å². The maximum atomic E-state index is 6.29. The maximum absolute atomic E-state index is 6.29. The molecule has 20 heavy (non-hydrogen) atoms. The first-order valence-corrected chi connectivity index (χ1v) is 7.82. The van der Waals surface area contributed by atoms with Gasteiger partial charge in [-0.15, -0.1) is 0 Å². The minimum Gasteiger partial charge on any atom is -0.369 e. The molecule has 110 valence electrons. The molecule has 0 aromatic heterocycles. The van der Waals surface area contributed by atoms with Crippen LogP contribution in [-0.2, 0) is 0 Å². The van der Waals surface area contributed by atoms with Crippen molar-refractivity contribution < 1.29 is 0 Å². The SMILES string of the molecule is CC(C)CCN(C(N)=Nc1ccccc1)C1CCCC1. The van der Waals surface area contributed by atoms with Crippen LogP contribution in [0.4, 0.5) is 5.69 Å². The molecular formula is C17H27N3. The van der Waals surface area contributed by atoms with E-state index < -0.39 is 0 Å². The van der Waals surface area contributed by atoms with Crippen molar-refractivity contribution in [1.82, 2.24) is 4.90 Å². The number of hydrogen-bond acceptors (Lipinski definition) is 1. The van der Waals surface area contributed by atoms with Gasteiger partial charge in [0.1, 0.15) is 0 Å². The molecule has 0 spiro atoms. The molecule has 0 amide bonds. The monoisotopic (exact) mass is 273 g/mol. The second-order valence-corrected chi connectivity index (χ2v) is 6.12. The van der Waals surface area contributed by atoms with Crippen molar-refractivity contribution in [3.05, 3.63) is 30.3 Å². The molecule has 0 aliphatic heterocycles. The summed E-state index contributed by atoms with van der Waals surface area (Å²) in [6.45, 7) is 5.54. The predicted molar refractivity (Wildman–Crippen MR) is 86.1 cm³/mol. The molecule has 2 N–H and O–H groups in total. The van der Waals surface area contributed by atoms with Gasteiger partial charge in [-0.2, -0.15) is 0 Å². The van der Waals surface area contributed by atoms with Crippen molar-refractivity contribution in [3.63, 3.8) is 0 Å². The lowest BCUT2D eigenvalue weighted by Crippen LogP contribution is -2.44. The normalized spacial score (nSPS) is 16.9. The lowest BCUT2D eigenvalue weighted by molar-refractivity contribution is 0.293. The summed E-state index contributed by atoms with van der Waals surface area (Å²) in [5.41, 5.74) is 7.23.